The molecule has 0 aliphatic rings. The second-order valence-electron chi connectivity index (χ2n) is 25.5. The van der Waals surface area contributed by atoms with Crippen molar-refractivity contribution in [3.63, 3.8) is 0 Å². The zero-order valence-corrected chi connectivity index (χ0v) is 52.8. The van der Waals surface area contributed by atoms with Crippen LogP contribution in [0.1, 0.15) is 204 Å². The smallest absolute Gasteiger partial charge is 0.0903 e. The Balaban J connectivity index is -0.000000131. The summed E-state index contributed by atoms with van der Waals surface area (Å²) in [5.41, 5.74) is 2.21. The Bertz CT molecular complexity index is 1000. The highest BCUT2D eigenvalue weighted by Crippen LogP contribution is 2.32. The van der Waals surface area contributed by atoms with Crippen molar-refractivity contribution in [3.05, 3.63) is 12.7 Å². The van der Waals surface area contributed by atoms with Crippen LogP contribution in [0.4, 0.5) is 0 Å². The van der Waals surface area contributed by atoms with E-state index in [1.807, 2.05) is 13.8 Å². The third-order valence-corrected chi connectivity index (χ3v) is 13.2. The van der Waals surface area contributed by atoms with Crippen LogP contribution in [-0.4, -0.2) is 131 Å². The Hall–Kier alpha value is 0.450. The maximum absolute atomic E-state index is 5.80. The molecule has 5 atom stereocenters. The fraction of sp³-hybridized carbons (Fsp3) is 0.965. The van der Waals surface area contributed by atoms with E-state index in [0.29, 0.717) is 39.2 Å². The highest BCUT2D eigenvalue weighted by molar-refractivity contribution is 6.17. The van der Waals surface area contributed by atoms with Gasteiger partial charge in [0.05, 0.1) is 52.9 Å². The lowest BCUT2D eigenvalue weighted by Crippen LogP contribution is -2.56. The van der Waals surface area contributed by atoms with Crippen LogP contribution in [0.5, 0.6) is 0 Å². The monoisotopic (exact) mass is 975 g/mol. The molecule has 0 aromatic carbocycles. The minimum atomic E-state index is 0.338. The first kappa shape index (κ1) is 78.6. The largest absolute Gasteiger partial charge is 0.326 e. The number of quaternary nitrogens is 2. The van der Waals surface area contributed by atoms with Gasteiger partial charge in [-0.1, -0.05) is 137 Å². The summed E-state index contributed by atoms with van der Waals surface area (Å²) >= 11 is 15.1. The second kappa shape index (κ2) is 40.2. The molecule has 0 fully saturated rings. The predicted molar refractivity (Wildman–Crippen MR) is 306 cm³/mol. The molecule has 64 heavy (non-hydrogen) atoms. The molecule has 0 saturated carbocycles. The van der Waals surface area contributed by atoms with Gasteiger partial charge in [-0.05, 0) is 122 Å². The van der Waals surface area contributed by atoms with E-state index in [-0.39, 0.29) is 0 Å². The van der Waals surface area contributed by atoms with Crippen molar-refractivity contribution in [2.45, 2.75) is 216 Å². The molecular formula is C57H129Cl3N4+2. The number of hydrogen-bond donors (Lipinski definition) is 0. The Morgan fingerprint density at radius 2 is 0.953 bits per heavy atom. The van der Waals surface area contributed by atoms with Crippen molar-refractivity contribution < 1.29 is 8.97 Å². The molecule has 0 rings (SSSR count). The van der Waals surface area contributed by atoms with Crippen LogP contribution in [-0.2, 0) is 0 Å². The van der Waals surface area contributed by atoms with Gasteiger partial charge in [-0.15, -0.1) is 41.4 Å². The van der Waals surface area contributed by atoms with Crippen molar-refractivity contribution in [1.82, 2.24) is 9.80 Å². The van der Waals surface area contributed by atoms with Gasteiger partial charge in [0.25, 0.3) is 0 Å². The van der Waals surface area contributed by atoms with E-state index < -0.39 is 0 Å². The third kappa shape index (κ3) is 51.8. The predicted octanol–water partition coefficient (Wildman–Crippen LogP) is 17.8. The fourth-order valence-corrected chi connectivity index (χ4v) is 8.34. The molecular weight excluding hydrogens is 847 g/mol. The summed E-state index contributed by atoms with van der Waals surface area (Å²) in [4.78, 5) is 4.66. The number of alkyl halides is 3. The van der Waals surface area contributed by atoms with Gasteiger partial charge in [0.15, 0.2) is 0 Å². The summed E-state index contributed by atoms with van der Waals surface area (Å²) in [5, 5.41) is 0. The molecule has 0 aromatic rings. The molecule has 5 unspecified atom stereocenters. The molecule has 0 heterocycles. The van der Waals surface area contributed by atoms with E-state index in [4.69, 9.17) is 11.6 Å². The average Bonchev–Trinajstić information content (AvgIpc) is 3.14. The molecule has 0 aromatic heterocycles. The van der Waals surface area contributed by atoms with Crippen molar-refractivity contribution in [1.29, 1.82) is 0 Å². The Morgan fingerprint density at radius 1 is 0.578 bits per heavy atom. The van der Waals surface area contributed by atoms with Gasteiger partial charge in [0.2, 0.25) is 0 Å². The SMILES string of the molecule is C=CC(CN(C)C)CC(C)(C)C.CC.CCC(C)(C)CC(C)CN(C)C(C)C.CCC(C)(C)CC(C)C[N+](C)(C)C(C)(C)C.CC[N+](C)(CCCCl)CC(C)CC(C)(C)C.CCl.CCl. The van der Waals surface area contributed by atoms with Gasteiger partial charge < -0.3 is 18.8 Å². The van der Waals surface area contributed by atoms with Gasteiger partial charge >= 0.3 is 0 Å². The maximum atomic E-state index is 5.80. The van der Waals surface area contributed by atoms with E-state index in [1.54, 1.807) is 0 Å². The van der Waals surface area contributed by atoms with E-state index in [0.717, 1.165) is 41.1 Å². The van der Waals surface area contributed by atoms with Gasteiger partial charge in [-0.25, -0.2) is 0 Å². The van der Waals surface area contributed by atoms with Crippen LogP contribution >= 0.6 is 34.8 Å². The fourth-order valence-electron chi connectivity index (χ4n) is 8.22. The van der Waals surface area contributed by atoms with E-state index in [2.05, 4.69) is 233 Å². The van der Waals surface area contributed by atoms with Crippen LogP contribution in [0.25, 0.3) is 0 Å². The lowest BCUT2D eigenvalue weighted by atomic mass is 9.80. The number of rotatable bonds is 22. The first-order valence-electron chi connectivity index (χ1n) is 25.7. The molecule has 0 radical (unpaired) electrons. The zero-order valence-electron chi connectivity index (χ0n) is 50.5. The average molecular weight is 977 g/mol. The maximum Gasteiger partial charge on any atom is 0.0903 e. The van der Waals surface area contributed by atoms with Crippen LogP contribution in [0, 0.1) is 45.3 Å². The summed E-state index contributed by atoms with van der Waals surface area (Å²) in [5.74, 6) is 3.81. The number of halogens is 3. The van der Waals surface area contributed by atoms with Gasteiger partial charge in [-0.2, -0.15) is 0 Å². The Morgan fingerprint density at radius 3 is 1.23 bits per heavy atom. The second-order valence-corrected chi connectivity index (χ2v) is 25.9. The van der Waals surface area contributed by atoms with Gasteiger partial charge in [-0.3, -0.25) is 0 Å². The summed E-state index contributed by atoms with van der Waals surface area (Å²) in [6.07, 6.45) is 13.9. The summed E-state index contributed by atoms with van der Waals surface area (Å²) in [6, 6.07) is 0.669. The highest BCUT2D eigenvalue weighted by atomic mass is 35.5. The minimum Gasteiger partial charge on any atom is -0.326 e. The molecule has 0 spiro atoms. The van der Waals surface area contributed by atoms with Gasteiger partial charge in [0.1, 0.15) is 0 Å². The van der Waals surface area contributed by atoms with Crippen molar-refractivity contribution in [2.24, 2.45) is 45.3 Å². The first-order chi connectivity index (χ1) is 28.8. The standard InChI is InChI=1S/C15H34N.C14H31ClN.C13H29N.C11H23N.C2H6.2CH3Cl/c1-10-15(6,7)11-13(2)12-16(8,9)14(3,4)5;1-7-16(6,10-8-9-15)12-13(2)11-14(3,4)5;1-8-13(5,6)9-12(4)10-14(7)11(2)3;1-7-10(9-12(5)6)8-11(2,3)4;3*1-2/h13H,10-12H2,1-9H3;13H,7-12H2,1-6H3;11-12H,8-10H2,1-7H3;7,10H,1,8-9H2,2-6H3;1-2H3;2*1H3/q2*+1;;;;;. The Kier molecular flexibility index (Phi) is 49.4. The molecule has 7 heteroatoms. The summed E-state index contributed by atoms with van der Waals surface area (Å²) in [7, 11) is 13.5. The number of hydrogen-bond acceptors (Lipinski definition) is 2. The van der Waals surface area contributed by atoms with Crippen molar-refractivity contribution >= 4 is 34.8 Å². The summed E-state index contributed by atoms with van der Waals surface area (Å²) < 4.78 is 2.28. The lowest BCUT2D eigenvalue weighted by Gasteiger charge is -2.44. The molecule has 396 valence electrons. The lowest BCUT2D eigenvalue weighted by molar-refractivity contribution is -0.938. The molecule has 0 aliphatic carbocycles. The minimum absolute atomic E-state index is 0.338. The Labute approximate surface area is 425 Å². The molecule has 4 nitrogen and oxygen atoms in total. The normalized spacial score (nSPS) is 15.0. The number of nitrogens with zero attached hydrogens (tertiary/aromatic N) is 4. The zero-order chi connectivity index (χ0) is 53.1. The highest BCUT2D eigenvalue weighted by Gasteiger charge is 2.34. The molecule has 0 saturated heterocycles. The summed E-state index contributed by atoms with van der Waals surface area (Å²) in [6.45, 7) is 64.1. The van der Waals surface area contributed by atoms with Crippen LogP contribution in [0.2, 0.25) is 0 Å². The molecule has 0 N–H and O–H groups in total. The van der Waals surface area contributed by atoms with Crippen LogP contribution in [0.3, 0.4) is 0 Å². The molecule has 0 amide bonds. The first-order valence-corrected chi connectivity index (χ1v) is 27.8. The van der Waals surface area contributed by atoms with E-state index in [9.17, 15) is 0 Å². The van der Waals surface area contributed by atoms with Crippen molar-refractivity contribution in [3.8, 4) is 0 Å². The van der Waals surface area contributed by atoms with Gasteiger partial charge in [0, 0.05) is 56.0 Å². The van der Waals surface area contributed by atoms with Crippen LogP contribution in [0.15, 0.2) is 12.7 Å². The molecule has 0 bridgehead atoms. The molecule has 0 aliphatic heterocycles. The van der Waals surface area contributed by atoms with Crippen LogP contribution < -0.4 is 0 Å². The quantitative estimate of drug-likeness (QED) is 0.0606. The van der Waals surface area contributed by atoms with E-state index >= 15 is 0 Å². The van der Waals surface area contributed by atoms with E-state index in [1.165, 1.54) is 88.5 Å². The van der Waals surface area contributed by atoms with Crippen molar-refractivity contribution in [2.75, 3.05) is 100 Å². The topological polar surface area (TPSA) is 6.48 Å². The third-order valence-electron chi connectivity index (χ3n) is 12.9.